The molecule has 0 radical (unpaired) electrons. The van der Waals surface area contributed by atoms with Crippen LogP contribution in [0.3, 0.4) is 0 Å². The van der Waals surface area contributed by atoms with Gasteiger partial charge in [0.15, 0.2) is 0 Å². The summed E-state index contributed by atoms with van der Waals surface area (Å²) in [6.07, 6.45) is -4.64. The predicted molar refractivity (Wildman–Crippen MR) is 69.5 cm³/mol. The quantitative estimate of drug-likeness (QED) is 0.799. The molecule has 0 aliphatic rings. The van der Waals surface area contributed by atoms with E-state index in [9.17, 15) is 13.2 Å². The van der Waals surface area contributed by atoms with Crippen LogP contribution in [-0.4, -0.2) is 9.97 Å². The van der Waals surface area contributed by atoms with Gasteiger partial charge < -0.3 is 5.32 Å². The Morgan fingerprint density at radius 3 is 2.32 bits per heavy atom. The fourth-order valence-electron chi connectivity index (χ4n) is 1.29. The minimum absolute atomic E-state index is 0.0188. The van der Waals surface area contributed by atoms with Gasteiger partial charge in [-0.25, -0.2) is 9.97 Å². The molecule has 0 amide bonds. The first kappa shape index (κ1) is 14.1. The summed E-state index contributed by atoms with van der Waals surface area (Å²) in [5, 5.41) is 2.45. The zero-order valence-electron chi connectivity index (χ0n) is 9.17. The molecule has 1 heterocycles. The number of alkyl halides is 3. The van der Waals surface area contributed by atoms with Crippen molar-refractivity contribution < 1.29 is 13.2 Å². The molecule has 100 valence electrons. The monoisotopic (exact) mass is 351 g/mol. The normalized spacial score (nSPS) is 11.4. The van der Waals surface area contributed by atoms with Crippen molar-refractivity contribution in [3.8, 4) is 0 Å². The highest BCUT2D eigenvalue weighted by Gasteiger charge is 2.35. The second kappa shape index (κ2) is 5.34. The standard InChI is InChI=1S/C11H6BrClF3N3/c12-6-1-3-7(4-2-6)17-9-5-8(13)18-10(19-9)11(14,15)16/h1-5H,(H,17,18,19). The maximum Gasteiger partial charge on any atom is 0.451 e. The minimum Gasteiger partial charge on any atom is -0.340 e. The lowest BCUT2D eigenvalue weighted by Gasteiger charge is -2.09. The van der Waals surface area contributed by atoms with E-state index in [1.165, 1.54) is 6.07 Å². The van der Waals surface area contributed by atoms with Crippen LogP contribution in [0.15, 0.2) is 34.8 Å². The highest BCUT2D eigenvalue weighted by Crippen LogP contribution is 2.29. The number of nitrogens with one attached hydrogen (secondary N) is 1. The van der Waals surface area contributed by atoms with Gasteiger partial charge in [0.05, 0.1) is 0 Å². The Bertz CT molecular complexity index is 587. The number of aromatic nitrogens is 2. The average molecular weight is 353 g/mol. The molecule has 0 bridgehead atoms. The van der Waals surface area contributed by atoms with E-state index in [1.807, 2.05) is 0 Å². The van der Waals surface area contributed by atoms with E-state index in [4.69, 9.17) is 11.6 Å². The third-order valence-electron chi connectivity index (χ3n) is 2.07. The first-order chi connectivity index (χ1) is 8.84. The third kappa shape index (κ3) is 3.81. The van der Waals surface area contributed by atoms with Crippen molar-refractivity contribution in [2.75, 3.05) is 5.32 Å². The molecule has 3 nitrogen and oxygen atoms in total. The molecule has 19 heavy (non-hydrogen) atoms. The number of anilines is 2. The maximum atomic E-state index is 12.5. The lowest BCUT2D eigenvalue weighted by atomic mass is 10.3. The Morgan fingerprint density at radius 2 is 1.74 bits per heavy atom. The van der Waals surface area contributed by atoms with Gasteiger partial charge >= 0.3 is 6.18 Å². The second-order valence-corrected chi connectivity index (χ2v) is 4.83. The van der Waals surface area contributed by atoms with Crippen LogP contribution in [0.4, 0.5) is 24.7 Å². The summed E-state index contributed by atoms with van der Waals surface area (Å²) in [5.74, 6) is -1.30. The molecule has 1 aromatic heterocycles. The molecule has 8 heteroatoms. The summed E-state index contributed by atoms with van der Waals surface area (Å²) < 4.78 is 38.4. The fourth-order valence-corrected chi connectivity index (χ4v) is 1.74. The highest BCUT2D eigenvalue weighted by molar-refractivity contribution is 9.10. The molecule has 0 fully saturated rings. The van der Waals surface area contributed by atoms with Crippen molar-refractivity contribution in [2.24, 2.45) is 0 Å². The zero-order valence-corrected chi connectivity index (χ0v) is 11.5. The van der Waals surface area contributed by atoms with E-state index in [0.29, 0.717) is 5.69 Å². The topological polar surface area (TPSA) is 37.8 Å². The highest BCUT2D eigenvalue weighted by atomic mass is 79.9. The first-order valence-electron chi connectivity index (χ1n) is 4.99. The van der Waals surface area contributed by atoms with Crippen LogP contribution in [-0.2, 0) is 6.18 Å². The van der Waals surface area contributed by atoms with Gasteiger partial charge in [-0.1, -0.05) is 27.5 Å². The lowest BCUT2D eigenvalue weighted by molar-refractivity contribution is -0.144. The van der Waals surface area contributed by atoms with Gasteiger partial charge in [0.2, 0.25) is 5.82 Å². The number of hydrogen-bond acceptors (Lipinski definition) is 3. The van der Waals surface area contributed by atoms with E-state index in [1.54, 1.807) is 24.3 Å². The van der Waals surface area contributed by atoms with Crippen LogP contribution >= 0.6 is 27.5 Å². The Kier molecular flexibility index (Phi) is 3.96. The van der Waals surface area contributed by atoms with Crippen molar-refractivity contribution >= 4 is 39.0 Å². The minimum atomic E-state index is -4.64. The summed E-state index contributed by atoms with van der Waals surface area (Å²) in [6, 6.07) is 8.09. The SMILES string of the molecule is FC(F)(F)c1nc(Cl)cc(Nc2ccc(Br)cc2)n1. The lowest BCUT2D eigenvalue weighted by Crippen LogP contribution is -2.12. The summed E-state index contributed by atoms with van der Waals surface area (Å²) in [5.41, 5.74) is 0.589. The van der Waals surface area contributed by atoms with Crippen molar-refractivity contribution in [3.63, 3.8) is 0 Å². The molecule has 2 rings (SSSR count). The number of halogens is 5. The van der Waals surface area contributed by atoms with Gasteiger partial charge in [0.1, 0.15) is 11.0 Å². The van der Waals surface area contributed by atoms with Crippen molar-refractivity contribution in [3.05, 3.63) is 45.8 Å². The molecule has 0 saturated carbocycles. The van der Waals surface area contributed by atoms with Crippen molar-refractivity contribution in [2.45, 2.75) is 6.18 Å². The van der Waals surface area contributed by atoms with Gasteiger partial charge in [0.25, 0.3) is 0 Å². The number of nitrogens with zero attached hydrogens (tertiary/aromatic N) is 2. The summed E-state index contributed by atoms with van der Waals surface area (Å²) in [7, 11) is 0. The van der Waals surface area contributed by atoms with Gasteiger partial charge in [-0.3, -0.25) is 0 Å². The Morgan fingerprint density at radius 1 is 1.11 bits per heavy atom. The maximum absolute atomic E-state index is 12.5. The molecular weight excluding hydrogens is 346 g/mol. The van der Waals surface area contributed by atoms with E-state index in [2.05, 4.69) is 31.2 Å². The van der Waals surface area contributed by atoms with Gasteiger partial charge in [-0.15, -0.1) is 0 Å². The molecule has 1 aromatic carbocycles. The van der Waals surface area contributed by atoms with Crippen LogP contribution in [0.5, 0.6) is 0 Å². The molecule has 0 aliphatic heterocycles. The second-order valence-electron chi connectivity index (χ2n) is 3.53. The van der Waals surface area contributed by atoms with Crippen LogP contribution in [0.2, 0.25) is 5.15 Å². The van der Waals surface area contributed by atoms with Crippen LogP contribution in [0, 0.1) is 0 Å². The predicted octanol–water partition coefficient (Wildman–Crippen LogP) is 4.65. The smallest absolute Gasteiger partial charge is 0.340 e. The van der Waals surface area contributed by atoms with Crippen molar-refractivity contribution in [1.29, 1.82) is 0 Å². The van der Waals surface area contributed by atoms with Crippen LogP contribution in [0.1, 0.15) is 5.82 Å². The summed E-state index contributed by atoms with van der Waals surface area (Å²) >= 11 is 8.81. The van der Waals surface area contributed by atoms with E-state index in [-0.39, 0.29) is 11.0 Å². The third-order valence-corrected chi connectivity index (χ3v) is 2.79. The largest absolute Gasteiger partial charge is 0.451 e. The van der Waals surface area contributed by atoms with Crippen LogP contribution < -0.4 is 5.32 Å². The first-order valence-corrected chi connectivity index (χ1v) is 6.16. The molecule has 1 N–H and O–H groups in total. The summed E-state index contributed by atoms with van der Waals surface area (Å²) in [6.45, 7) is 0. The molecule has 0 aliphatic carbocycles. The summed E-state index contributed by atoms with van der Waals surface area (Å²) in [4.78, 5) is 6.52. The fraction of sp³-hybridized carbons (Fsp3) is 0.0909. The average Bonchev–Trinajstić information content (AvgIpc) is 2.30. The number of rotatable bonds is 2. The molecule has 0 unspecified atom stereocenters. The van der Waals surface area contributed by atoms with E-state index < -0.39 is 12.0 Å². The van der Waals surface area contributed by atoms with E-state index in [0.717, 1.165) is 4.47 Å². The molecule has 0 atom stereocenters. The van der Waals surface area contributed by atoms with Gasteiger partial charge in [-0.05, 0) is 24.3 Å². The molecule has 2 aromatic rings. The Labute approximate surface area is 120 Å². The van der Waals surface area contributed by atoms with Gasteiger partial charge in [-0.2, -0.15) is 13.2 Å². The molecule has 0 spiro atoms. The van der Waals surface area contributed by atoms with E-state index >= 15 is 0 Å². The Balaban J connectivity index is 2.30. The number of benzene rings is 1. The number of hydrogen-bond donors (Lipinski definition) is 1. The van der Waals surface area contributed by atoms with Crippen LogP contribution in [0.25, 0.3) is 0 Å². The zero-order chi connectivity index (χ0) is 14.0. The van der Waals surface area contributed by atoms with Crippen molar-refractivity contribution in [1.82, 2.24) is 9.97 Å². The van der Waals surface area contributed by atoms with Gasteiger partial charge in [0, 0.05) is 16.2 Å². The molecule has 0 saturated heterocycles. The molecular formula is C11H6BrClF3N3. The Hall–Kier alpha value is -1.34.